The van der Waals surface area contributed by atoms with Crippen LogP contribution >= 0.6 is 0 Å². The van der Waals surface area contributed by atoms with E-state index in [-0.39, 0.29) is 10.6 Å². The number of nitrogens with zero attached hydrogens (tertiary/aromatic N) is 2. The minimum Gasteiger partial charge on any atom is -0.259 e. The molecule has 1 atom stereocenters. The molecule has 0 bridgehead atoms. The quantitative estimate of drug-likeness (QED) is 0.470. The van der Waals surface area contributed by atoms with Crippen LogP contribution in [0.4, 0.5) is 5.69 Å². The van der Waals surface area contributed by atoms with Gasteiger partial charge >= 0.3 is 0 Å². The molecule has 0 aromatic heterocycles. The first-order valence-corrected chi connectivity index (χ1v) is 10.4. The zero-order valence-electron chi connectivity index (χ0n) is 15.6. The molecule has 0 aliphatic carbocycles. The predicted octanol–water partition coefficient (Wildman–Crippen LogP) is 4.56. The van der Waals surface area contributed by atoms with Crippen LogP contribution in [-0.2, 0) is 10.0 Å². The molecule has 6 nitrogen and oxygen atoms in total. The van der Waals surface area contributed by atoms with Crippen molar-refractivity contribution in [2.45, 2.75) is 17.9 Å². The summed E-state index contributed by atoms with van der Waals surface area (Å²) in [6.07, 6.45) is 1.45. The summed E-state index contributed by atoms with van der Waals surface area (Å²) in [5.41, 5.74) is 2.16. The molecular weight excluding hydrogens is 388 g/mol. The molecule has 3 aromatic carbocycles. The number of hydrogen-bond acceptors (Lipinski definition) is 4. The summed E-state index contributed by atoms with van der Waals surface area (Å²) in [6.45, 7) is 1.87. The minimum absolute atomic E-state index is 0.0865. The molecule has 7 heteroatoms. The Bertz CT molecular complexity index is 1200. The Morgan fingerprint density at radius 3 is 2.17 bits per heavy atom. The molecule has 0 radical (unpaired) electrons. The average Bonchev–Trinajstić information content (AvgIpc) is 2.73. The summed E-state index contributed by atoms with van der Waals surface area (Å²) in [4.78, 5) is 11.5. The summed E-state index contributed by atoms with van der Waals surface area (Å²) in [7, 11) is -4.07. The third kappa shape index (κ3) is 3.30. The minimum atomic E-state index is -4.07. The highest BCUT2D eigenvalue weighted by Crippen LogP contribution is 2.44. The molecule has 0 fully saturated rings. The SMILES string of the molecule is Cc1ccc(S(=O)(=O)N2c3ccccc3C=C([N+](=O)[O-])[C@@H]2c2ccccc2)cc1. The number of sulfonamides is 1. The lowest BCUT2D eigenvalue weighted by Crippen LogP contribution is -2.39. The first-order valence-electron chi connectivity index (χ1n) is 9.00. The lowest BCUT2D eigenvalue weighted by molar-refractivity contribution is -0.428. The molecule has 0 spiro atoms. The van der Waals surface area contributed by atoms with Crippen LogP contribution < -0.4 is 4.31 Å². The summed E-state index contributed by atoms with van der Waals surface area (Å²) in [5, 5.41) is 11.9. The number of fused-ring (bicyclic) bond motifs is 1. The van der Waals surface area contributed by atoms with Crippen LogP contribution in [0.15, 0.2) is 89.5 Å². The Hall–Kier alpha value is -3.45. The van der Waals surface area contributed by atoms with Crippen molar-refractivity contribution in [3.05, 3.63) is 111 Å². The highest BCUT2D eigenvalue weighted by molar-refractivity contribution is 7.92. The Morgan fingerprint density at radius 2 is 1.52 bits per heavy atom. The fourth-order valence-electron chi connectivity index (χ4n) is 3.49. The van der Waals surface area contributed by atoms with Gasteiger partial charge < -0.3 is 0 Å². The van der Waals surface area contributed by atoms with Crippen LogP contribution in [0.2, 0.25) is 0 Å². The van der Waals surface area contributed by atoms with E-state index < -0.39 is 21.0 Å². The van der Waals surface area contributed by atoms with E-state index in [1.807, 2.05) is 6.92 Å². The van der Waals surface area contributed by atoms with E-state index in [1.165, 1.54) is 22.5 Å². The Balaban J connectivity index is 2.00. The van der Waals surface area contributed by atoms with E-state index >= 15 is 0 Å². The van der Waals surface area contributed by atoms with Gasteiger partial charge in [-0.3, -0.25) is 10.1 Å². The topological polar surface area (TPSA) is 80.5 Å². The van der Waals surface area contributed by atoms with Crippen molar-refractivity contribution in [2.24, 2.45) is 0 Å². The van der Waals surface area contributed by atoms with Crippen molar-refractivity contribution < 1.29 is 13.3 Å². The summed E-state index contributed by atoms with van der Waals surface area (Å²) < 4.78 is 28.5. The highest BCUT2D eigenvalue weighted by atomic mass is 32.2. The molecular formula is C22H18N2O4S. The molecule has 1 aliphatic rings. The molecule has 1 heterocycles. The maximum Gasteiger partial charge on any atom is 0.274 e. The summed E-state index contributed by atoms with van der Waals surface area (Å²) >= 11 is 0. The normalized spacial score (nSPS) is 16.1. The number of anilines is 1. The molecule has 29 heavy (non-hydrogen) atoms. The number of para-hydroxylation sites is 1. The van der Waals surface area contributed by atoms with Crippen molar-refractivity contribution >= 4 is 21.8 Å². The largest absolute Gasteiger partial charge is 0.274 e. The molecule has 0 N–H and O–H groups in total. The molecule has 1 aliphatic heterocycles. The van der Waals surface area contributed by atoms with Gasteiger partial charge in [0.25, 0.3) is 15.7 Å². The Labute approximate surface area is 168 Å². The smallest absolute Gasteiger partial charge is 0.259 e. The molecule has 146 valence electrons. The Morgan fingerprint density at radius 1 is 0.897 bits per heavy atom. The number of aryl methyl sites for hydroxylation is 1. The molecule has 0 saturated heterocycles. The second-order valence-corrected chi connectivity index (χ2v) is 8.63. The van der Waals surface area contributed by atoms with E-state index in [4.69, 9.17) is 0 Å². The second kappa shape index (κ2) is 7.18. The van der Waals surface area contributed by atoms with E-state index in [0.717, 1.165) is 5.56 Å². The molecule has 4 rings (SSSR count). The van der Waals surface area contributed by atoms with E-state index in [0.29, 0.717) is 16.8 Å². The van der Waals surface area contributed by atoms with Crippen molar-refractivity contribution in [1.82, 2.24) is 0 Å². The van der Waals surface area contributed by atoms with Crippen LogP contribution in [0, 0.1) is 17.0 Å². The molecule has 3 aromatic rings. The lowest BCUT2D eigenvalue weighted by Gasteiger charge is -2.35. The number of rotatable bonds is 4. The molecule has 0 amide bonds. The molecule has 0 saturated carbocycles. The van der Waals surface area contributed by atoms with Gasteiger partial charge in [-0.2, -0.15) is 0 Å². The van der Waals surface area contributed by atoms with E-state index in [2.05, 4.69) is 0 Å². The van der Waals surface area contributed by atoms with Gasteiger partial charge in [0.15, 0.2) is 6.04 Å². The van der Waals surface area contributed by atoms with Gasteiger partial charge in [-0.1, -0.05) is 66.2 Å². The Kier molecular flexibility index (Phi) is 4.68. The van der Waals surface area contributed by atoms with Gasteiger partial charge in [0.2, 0.25) is 0 Å². The standard InChI is InChI=1S/C22H18N2O4S/c1-16-11-13-19(14-12-16)29(27,28)23-20-10-6-5-9-18(20)15-21(24(25)26)22(23)17-7-3-2-4-8-17/h2-15,22H,1H3/t22-/m0/s1. The van der Waals surface area contributed by atoms with Gasteiger partial charge in [0.05, 0.1) is 15.5 Å². The third-order valence-corrected chi connectivity index (χ3v) is 6.69. The fraction of sp³-hybridized carbons (Fsp3) is 0.0909. The van der Waals surface area contributed by atoms with Crippen molar-refractivity contribution in [3.8, 4) is 0 Å². The van der Waals surface area contributed by atoms with Gasteiger partial charge in [-0.15, -0.1) is 0 Å². The summed E-state index contributed by atoms with van der Waals surface area (Å²) in [6, 6.07) is 20.9. The maximum absolute atomic E-state index is 13.7. The lowest BCUT2D eigenvalue weighted by atomic mass is 9.97. The van der Waals surface area contributed by atoms with Crippen LogP contribution in [0.25, 0.3) is 6.08 Å². The predicted molar refractivity (Wildman–Crippen MR) is 111 cm³/mol. The highest BCUT2D eigenvalue weighted by Gasteiger charge is 2.43. The van der Waals surface area contributed by atoms with Gasteiger partial charge in [-0.25, -0.2) is 12.7 Å². The van der Waals surface area contributed by atoms with Crippen LogP contribution in [0.5, 0.6) is 0 Å². The zero-order valence-corrected chi connectivity index (χ0v) is 16.4. The number of hydrogen-bond donors (Lipinski definition) is 0. The average molecular weight is 406 g/mol. The van der Waals surface area contributed by atoms with Crippen molar-refractivity contribution in [1.29, 1.82) is 0 Å². The van der Waals surface area contributed by atoms with Crippen LogP contribution in [-0.4, -0.2) is 13.3 Å². The first-order chi connectivity index (χ1) is 13.9. The van der Waals surface area contributed by atoms with Crippen LogP contribution in [0.3, 0.4) is 0 Å². The number of nitro groups is 1. The maximum atomic E-state index is 13.7. The number of benzene rings is 3. The van der Waals surface area contributed by atoms with Gasteiger partial charge in [-0.05, 0) is 30.7 Å². The van der Waals surface area contributed by atoms with Crippen molar-refractivity contribution in [3.63, 3.8) is 0 Å². The monoisotopic (exact) mass is 406 g/mol. The van der Waals surface area contributed by atoms with E-state index in [1.54, 1.807) is 66.7 Å². The first kappa shape index (κ1) is 18.9. The fourth-order valence-corrected chi connectivity index (χ4v) is 5.13. The summed E-state index contributed by atoms with van der Waals surface area (Å²) in [5.74, 6) is 0. The third-order valence-electron chi connectivity index (χ3n) is 4.90. The van der Waals surface area contributed by atoms with Crippen molar-refractivity contribution in [2.75, 3.05) is 4.31 Å². The second-order valence-electron chi connectivity index (χ2n) is 6.81. The zero-order chi connectivity index (χ0) is 20.6. The van der Waals surface area contributed by atoms with Crippen LogP contribution in [0.1, 0.15) is 22.7 Å². The van der Waals surface area contributed by atoms with Gasteiger partial charge in [0, 0.05) is 11.6 Å². The molecule has 0 unspecified atom stereocenters. The van der Waals surface area contributed by atoms with E-state index in [9.17, 15) is 18.5 Å². The van der Waals surface area contributed by atoms with Gasteiger partial charge in [0.1, 0.15) is 0 Å².